The van der Waals surface area contributed by atoms with Gasteiger partial charge in [0.2, 0.25) is 0 Å². The van der Waals surface area contributed by atoms with Crippen molar-refractivity contribution in [2.24, 2.45) is 5.41 Å². The van der Waals surface area contributed by atoms with Crippen molar-refractivity contribution in [3.63, 3.8) is 0 Å². The van der Waals surface area contributed by atoms with Gasteiger partial charge in [0.25, 0.3) is 0 Å². The Morgan fingerprint density at radius 2 is 1.88 bits per heavy atom. The van der Waals surface area contributed by atoms with Gasteiger partial charge < -0.3 is 10.0 Å². The molecule has 1 aliphatic rings. The van der Waals surface area contributed by atoms with Gasteiger partial charge in [-0.25, -0.2) is 0 Å². The molecule has 0 saturated heterocycles. The Balaban J connectivity index is 2.23. The monoisotopic (exact) mass is 241 g/mol. The first-order valence-corrected chi connectivity index (χ1v) is 6.87. The first kappa shape index (κ1) is 14.5. The minimum atomic E-state index is -0.683. The van der Waals surface area contributed by atoms with Crippen molar-refractivity contribution in [2.75, 3.05) is 13.6 Å². The Labute approximate surface area is 105 Å². The molecule has 0 amide bonds. The van der Waals surface area contributed by atoms with Crippen LogP contribution in [0.25, 0.3) is 0 Å². The van der Waals surface area contributed by atoms with Gasteiger partial charge >= 0.3 is 5.97 Å². The third kappa shape index (κ3) is 4.66. The lowest BCUT2D eigenvalue weighted by Crippen LogP contribution is -2.35. The van der Waals surface area contributed by atoms with Crippen molar-refractivity contribution in [1.82, 2.24) is 4.90 Å². The molecule has 17 heavy (non-hydrogen) atoms. The average molecular weight is 241 g/mol. The van der Waals surface area contributed by atoms with Gasteiger partial charge in [-0.2, -0.15) is 0 Å². The van der Waals surface area contributed by atoms with Crippen molar-refractivity contribution in [1.29, 1.82) is 0 Å². The van der Waals surface area contributed by atoms with Gasteiger partial charge in [0.1, 0.15) is 0 Å². The predicted molar refractivity (Wildman–Crippen MR) is 70.2 cm³/mol. The topological polar surface area (TPSA) is 40.5 Å². The lowest BCUT2D eigenvalue weighted by molar-refractivity contribution is -0.147. The number of hydrogen-bond acceptors (Lipinski definition) is 2. The minimum absolute atomic E-state index is 0.576. The van der Waals surface area contributed by atoms with Crippen LogP contribution in [0, 0.1) is 5.41 Å². The van der Waals surface area contributed by atoms with Gasteiger partial charge in [-0.05, 0) is 53.1 Å². The molecule has 1 fully saturated rings. The van der Waals surface area contributed by atoms with E-state index in [0.29, 0.717) is 0 Å². The summed E-state index contributed by atoms with van der Waals surface area (Å²) in [5, 5.41) is 9.04. The summed E-state index contributed by atoms with van der Waals surface area (Å²) in [4.78, 5) is 13.4. The van der Waals surface area contributed by atoms with Gasteiger partial charge in [-0.3, -0.25) is 4.79 Å². The van der Waals surface area contributed by atoms with Gasteiger partial charge in [0.05, 0.1) is 5.41 Å². The van der Waals surface area contributed by atoms with Crippen molar-refractivity contribution in [3.05, 3.63) is 0 Å². The Morgan fingerprint density at radius 3 is 2.41 bits per heavy atom. The molecule has 1 N–H and O–H groups in total. The summed E-state index contributed by atoms with van der Waals surface area (Å²) >= 11 is 0. The molecule has 0 aromatic heterocycles. The van der Waals surface area contributed by atoms with Crippen LogP contribution >= 0.6 is 0 Å². The lowest BCUT2D eigenvalue weighted by atomic mass is 9.87. The van der Waals surface area contributed by atoms with E-state index in [0.717, 1.165) is 25.4 Å². The van der Waals surface area contributed by atoms with Gasteiger partial charge in [0, 0.05) is 6.04 Å². The van der Waals surface area contributed by atoms with E-state index in [4.69, 9.17) is 5.11 Å². The fourth-order valence-corrected chi connectivity index (χ4v) is 2.58. The smallest absolute Gasteiger partial charge is 0.309 e. The van der Waals surface area contributed by atoms with Crippen LogP contribution in [0.4, 0.5) is 0 Å². The van der Waals surface area contributed by atoms with Crippen LogP contribution < -0.4 is 0 Å². The van der Waals surface area contributed by atoms with Crippen LogP contribution in [-0.4, -0.2) is 35.6 Å². The highest BCUT2D eigenvalue weighted by atomic mass is 16.4. The molecule has 100 valence electrons. The molecule has 0 aromatic rings. The molecular formula is C14H27NO2. The first-order valence-electron chi connectivity index (χ1n) is 6.87. The maximum Gasteiger partial charge on any atom is 0.309 e. The summed E-state index contributed by atoms with van der Waals surface area (Å²) in [5.41, 5.74) is -0.576. The number of carboxylic acid groups (broad SMARTS) is 1. The number of aliphatic carboxylic acids is 1. The summed E-state index contributed by atoms with van der Waals surface area (Å²) in [6.07, 6.45) is 8.48. The summed E-state index contributed by atoms with van der Waals surface area (Å²) < 4.78 is 0. The van der Waals surface area contributed by atoms with Crippen molar-refractivity contribution >= 4 is 5.97 Å². The Hall–Kier alpha value is -0.570. The molecule has 0 bridgehead atoms. The van der Waals surface area contributed by atoms with E-state index in [2.05, 4.69) is 11.9 Å². The highest BCUT2D eigenvalue weighted by Crippen LogP contribution is 2.25. The molecule has 0 radical (unpaired) electrons. The molecule has 1 saturated carbocycles. The molecule has 0 atom stereocenters. The van der Waals surface area contributed by atoms with E-state index in [-0.39, 0.29) is 0 Å². The fourth-order valence-electron chi connectivity index (χ4n) is 2.58. The quantitative estimate of drug-likeness (QED) is 0.776. The second-order valence-electron chi connectivity index (χ2n) is 6.07. The molecule has 0 spiro atoms. The van der Waals surface area contributed by atoms with Gasteiger partial charge in [0.15, 0.2) is 0 Å². The highest BCUT2D eigenvalue weighted by Gasteiger charge is 2.27. The van der Waals surface area contributed by atoms with Crippen molar-refractivity contribution in [2.45, 2.75) is 64.8 Å². The fraction of sp³-hybridized carbons (Fsp3) is 0.929. The third-order valence-electron chi connectivity index (χ3n) is 4.09. The predicted octanol–water partition coefficient (Wildman–Crippen LogP) is 3.14. The summed E-state index contributed by atoms with van der Waals surface area (Å²) in [5.74, 6) is -0.683. The molecule has 0 heterocycles. The zero-order valence-corrected chi connectivity index (χ0v) is 11.5. The van der Waals surface area contributed by atoms with E-state index in [1.807, 2.05) is 13.8 Å². The SMILES string of the molecule is CN(CCCC(C)(C)C(=O)O)C1CCCCC1. The summed E-state index contributed by atoms with van der Waals surface area (Å²) in [7, 11) is 2.18. The van der Waals surface area contributed by atoms with Gasteiger partial charge in [-0.1, -0.05) is 19.3 Å². The van der Waals surface area contributed by atoms with Crippen LogP contribution in [0.15, 0.2) is 0 Å². The normalized spacial score (nSPS) is 18.6. The second-order valence-corrected chi connectivity index (χ2v) is 6.07. The number of nitrogens with zero attached hydrogens (tertiary/aromatic N) is 1. The van der Waals surface area contributed by atoms with E-state index in [1.54, 1.807) is 0 Å². The van der Waals surface area contributed by atoms with E-state index < -0.39 is 11.4 Å². The number of carboxylic acids is 1. The molecule has 0 unspecified atom stereocenters. The van der Waals surface area contributed by atoms with Crippen LogP contribution in [0.3, 0.4) is 0 Å². The highest BCUT2D eigenvalue weighted by molar-refractivity contribution is 5.73. The van der Waals surface area contributed by atoms with Crippen LogP contribution in [-0.2, 0) is 4.79 Å². The maximum atomic E-state index is 11.0. The second kappa shape index (κ2) is 6.39. The molecular weight excluding hydrogens is 214 g/mol. The van der Waals surface area contributed by atoms with Crippen LogP contribution in [0.1, 0.15) is 58.8 Å². The Bertz CT molecular complexity index is 245. The van der Waals surface area contributed by atoms with Gasteiger partial charge in [-0.15, -0.1) is 0 Å². The lowest BCUT2D eigenvalue weighted by Gasteiger charge is -2.31. The minimum Gasteiger partial charge on any atom is -0.481 e. The Morgan fingerprint density at radius 1 is 1.29 bits per heavy atom. The number of rotatable bonds is 6. The number of carbonyl (C=O) groups is 1. The number of hydrogen-bond donors (Lipinski definition) is 1. The molecule has 1 aliphatic carbocycles. The largest absolute Gasteiger partial charge is 0.481 e. The Kier molecular flexibility index (Phi) is 5.44. The van der Waals surface area contributed by atoms with Crippen molar-refractivity contribution in [3.8, 4) is 0 Å². The van der Waals surface area contributed by atoms with Crippen molar-refractivity contribution < 1.29 is 9.90 Å². The zero-order valence-electron chi connectivity index (χ0n) is 11.5. The summed E-state index contributed by atoms with van der Waals surface area (Å²) in [6, 6.07) is 0.733. The molecule has 1 rings (SSSR count). The molecule has 0 aliphatic heterocycles. The third-order valence-corrected chi connectivity index (χ3v) is 4.09. The zero-order chi connectivity index (χ0) is 12.9. The summed E-state index contributed by atoms with van der Waals surface area (Å²) in [6.45, 7) is 4.66. The van der Waals surface area contributed by atoms with E-state index in [9.17, 15) is 4.79 Å². The van der Waals surface area contributed by atoms with Crippen LogP contribution in [0.2, 0.25) is 0 Å². The van der Waals surface area contributed by atoms with Crippen LogP contribution in [0.5, 0.6) is 0 Å². The average Bonchev–Trinajstić information content (AvgIpc) is 2.29. The first-order chi connectivity index (χ1) is 7.93. The molecule has 0 aromatic carbocycles. The molecule has 3 nitrogen and oxygen atoms in total. The van der Waals surface area contributed by atoms with E-state index >= 15 is 0 Å². The van der Waals surface area contributed by atoms with E-state index in [1.165, 1.54) is 32.1 Å². The molecule has 3 heteroatoms. The standard InChI is InChI=1S/C14H27NO2/c1-14(2,13(16)17)10-7-11-15(3)12-8-5-4-6-9-12/h12H,4-11H2,1-3H3,(H,16,17). The maximum absolute atomic E-state index is 11.0.